The number of nitrogens with zero attached hydrogens (tertiary/aromatic N) is 5. The number of benzene rings is 1. The van der Waals surface area contributed by atoms with Gasteiger partial charge in [0.15, 0.2) is 0 Å². The number of piperidine rings is 1. The lowest BCUT2D eigenvalue weighted by Gasteiger charge is -2.35. The average molecular weight is 416 g/mol. The monoisotopic (exact) mass is 415 g/mol. The predicted molar refractivity (Wildman–Crippen MR) is 115 cm³/mol. The predicted octanol–water partition coefficient (Wildman–Crippen LogP) is 2.59. The molecule has 8 heteroatoms. The van der Waals surface area contributed by atoms with E-state index in [4.69, 9.17) is 4.98 Å². The van der Waals surface area contributed by atoms with Crippen molar-refractivity contribution in [2.75, 3.05) is 49.1 Å². The summed E-state index contributed by atoms with van der Waals surface area (Å²) in [5.41, 5.74) is 1.90. The molecule has 0 amide bonds. The van der Waals surface area contributed by atoms with Crippen LogP contribution < -0.4 is 9.80 Å². The summed E-state index contributed by atoms with van der Waals surface area (Å²) in [7, 11) is -3.46. The van der Waals surface area contributed by atoms with Gasteiger partial charge >= 0.3 is 0 Å². The third kappa shape index (κ3) is 4.38. The molecule has 0 N–H and O–H groups in total. The van der Waals surface area contributed by atoms with E-state index in [1.54, 1.807) is 22.5 Å². The zero-order valence-electron chi connectivity index (χ0n) is 17.2. The quantitative estimate of drug-likeness (QED) is 0.765. The smallest absolute Gasteiger partial charge is 0.243 e. The Labute approximate surface area is 173 Å². The van der Waals surface area contributed by atoms with Crippen molar-refractivity contribution >= 4 is 21.8 Å². The van der Waals surface area contributed by atoms with Crippen molar-refractivity contribution < 1.29 is 8.42 Å². The molecule has 0 aliphatic carbocycles. The molecule has 7 nitrogen and oxygen atoms in total. The van der Waals surface area contributed by atoms with Crippen LogP contribution in [0.3, 0.4) is 0 Å². The third-order valence-electron chi connectivity index (χ3n) is 5.66. The number of hydrogen-bond donors (Lipinski definition) is 0. The molecule has 0 bridgehead atoms. The maximum Gasteiger partial charge on any atom is 0.243 e. The van der Waals surface area contributed by atoms with E-state index < -0.39 is 10.0 Å². The van der Waals surface area contributed by atoms with Crippen molar-refractivity contribution in [2.45, 2.75) is 38.0 Å². The molecule has 0 spiro atoms. The Balaban J connectivity index is 1.47. The normalized spacial score (nSPS) is 18.8. The first-order valence-corrected chi connectivity index (χ1v) is 11.8. The van der Waals surface area contributed by atoms with Gasteiger partial charge in [0, 0.05) is 51.0 Å². The molecule has 2 fully saturated rings. The zero-order valence-corrected chi connectivity index (χ0v) is 18.0. The number of anilines is 2. The van der Waals surface area contributed by atoms with Gasteiger partial charge in [-0.25, -0.2) is 13.4 Å². The Morgan fingerprint density at radius 2 is 1.55 bits per heavy atom. The van der Waals surface area contributed by atoms with Crippen LogP contribution in [0.15, 0.2) is 35.2 Å². The van der Waals surface area contributed by atoms with Gasteiger partial charge in [-0.05, 0) is 50.8 Å². The van der Waals surface area contributed by atoms with E-state index in [0.29, 0.717) is 31.1 Å². The SMILES string of the molecule is Cc1cccc(S(=O)(=O)N2CCN(c3cc(C)nc(N4CCCCC4)n3)CC2)c1. The number of rotatable bonds is 4. The van der Waals surface area contributed by atoms with E-state index in [-0.39, 0.29) is 0 Å². The first-order valence-electron chi connectivity index (χ1n) is 10.4. The van der Waals surface area contributed by atoms with Gasteiger partial charge in [0.05, 0.1) is 4.90 Å². The van der Waals surface area contributed by atoms with Crippen LogP contribution in [0.5, 0.6) is 0 Å². The summed E-state index contributed by atoms with van der Waals surface area (Å²) in [6, 6.07) is 9.12. The number of aryl methyl sites for hydroxylation is 2. The minimum atomic E-state index is -3.46. The Hall–Kier alpha value is -2.19. The Kier molecular flexibility index (Phi) is 5.74. The fourth-order valence-electron chi connectivity index (χ4n) is 4.02. The molecule has 2 aliphatic rings. The molecule has 1 aromatic carbocycles. The van der Waals surface area contributed by atoms with E-state index in [1.165, 1.54) is 19.3 Å². The molecule has 2 aromatic rings. The minimum absolute atomic E-state index is 0.371. The van der Waals surface area contributed by atoms with Gasteiger partial charge in [0.2, 0.25) is 16.0 Å². The van der Waals surface area contributed by atoms with Crippen LogP contribution in [0, 0.1) is 13.8 Å². The van der Waals surface area contributed by atoms with Gasteiger partial charge in [-0.2, -0.15) is 9.29 Å². The lowest BCUT2D eigenvalue weighted by Crippen LogP contribution is -2.49. The summed E-state index contributed by atoms with van der Waals surface area (Å²) in [4.78, 5) is 14.3. The molecule has 4 rings (SSSR count). The second-order valence-electron chi connectivity index (χ2n) is 7.92. The van der Waals surface area contributed by atoms with Gasteiger partial charge in [0.25, 0.3) is 0 Å². The summed E-state index contributed by atoms with van der Waals surface area (Å²) < 4.78 is 27.5. The van der Waals surface area contributed by atoms with Gasteiger partial charge in [-0.1, -0.05) is 12.1 Å². The van der Waals surface area contributed by atoms with Crippen molar-refractivity contribution in [3.05, 3.63) is 41.6 Å². The van der Waals surface area contributed by atoms with Crippen LogP contribution in [0.2, 0.25) is 0 Å². The van der Waals surface area contributed by atoms with Crippen LogP contribution in [0.1, 0.15) is 30.5 Å². The number of piperazine rings is 1. The van der Waals surface area contributed by atoms with Crippen molar-refractivity contribution in [1.82, 2.24) is 14.3 Å². The highest BCUT2D eigenvalue weighted by Crippen LogP contribution is 2.24. The molecule has 1 aromatic heterocycles. The lowest BCUT2D eigenvalue weighted by molar-refractivity contribution is 0.383. The molecule has 156 valence electrons. The lowest BCUT2D eigenvalue weighted by atomic mass is 10.1. The fourth-order valence-corrected chi connectivity index (χ4v) is 5.54. The molecule has 2 aliphatic heterocycles. The molecular formula is C21H29N5O2S. The first kappa shape index (κ1) is 20.1. The highest BCUT2D eigenvalue weighted by Gasteiger charge is 2.29. The molecule has 29 heavy (non-hydrogen) atoms. The average Bonchev–Trinajstić information content (AvgIpc) is 2.74. The van der Waals surface area contributed by atoms with Crippen LogP contribution in [-0.2, 0) is 10.0 Å². The number of aromatic nitrogens is 2. The second-order valence-corrected chi connectivity index (χ2v) is 9.86. The van der Waals surface area contributed by atoms with E-state index in [1.807, 2.05) is 26.0 Å². The Morgan fingerprint density at radius 3 is 2.24 bits per heavy atom. The molecule has 2 saturated heterocycles. The maximum absolute atomic E-state index is 13.0. The van der Waals surface area contributed by atoms with Gasteiger partial charge in [0.1, 0.15) is 5.82 Å². The van der Waals surface area contributed by atoms with Crippen molar-refractivity contribution in [1.29, 1.82) is 0 Å². The van der Waals surface area contributed by atoms with Crippen molar-refractivity contribution in [2.24, 2.45) is 0 Å². The second kappa shape index (κ2) is 8.28. The molecule has 0 radical (unpaired) electrons. The summed E-state index contributed by atoms with van der Waals surface area (Å²) in [6.45, 7) is 8.08. The van der Waals surface area contributed by atoms with Crippen molar-refractivity contribution in [3.8, 4) is 0 Å². The zero-order chi connectivity index (χ0) is 20.4. The maximum atomic E-state index is 13.0. The third-order valence-corrected chi connectivity index (χ3v) is 7.55. The van der Waals surface area contributed by atoms with E-state index >= 15 is 0 Å². The van der Waals surface area contributed by atoms with E-state index in [9.17, 15) is 8.42 Å². The number of sulfonamides is 1. The van der Waals surface area contributed by atoms with E-state index in [0.717, 1.165) is 36.1 Å². The van der Waals surface area contributed by atoms with Crippen molar-refractivity contribution in [3.63, 3.8) is 0 Å². The van der Waals surface area contributed by atoms with Crippen LogP contribution in [0.4, 0.5) is 11.8 Å². The topological polar surface area (TPSA) is 69.6 Å². The molecule has 3 heterocycles. The van der Waals surface area contributed by atoms with Gasteiger partial charge in [-0.15, -0.1) is 0 Å². The standard InChI is InChI=1S/C21H29N5O2S/c1-17-7-6-8-19(15-17)29(27,28)26-13-11-24(12-14-26)20-16-18(2)22-21(23-20)25-9-4-3-5-10-25/h6-8,15-16H,3-5,9-14H2,1-2H3. The largest absolute Gasteiger partial charge is 0.354 e. The van der Waals surface area contributed by atoms with Crippen LogP contribution in [-0.4, -0.2) is 62.0 Å². The molecular weight excluding hydrogens is 386 g/mol. The highest BCUT2D eigenvalue weighted by atomic mass is 32.2. The molecule has 0 saturated carbocycles. The van der Waals surface area contributed by atoms with Gasteiger partial charge in [-0.3, -0.25) is 0 Å². The van der Waals surface area contributed by atoms with Gasteiger partial charge < -0.3 is 9.80 Å². The Bertz CT molecular complexity index is 965. The van der Waals surface area contributed by atoms with Crippen LogP contribution >= 0.6 is 0 Å². The summed E-state index contributed by atoms with van der Waals surface area (Å²) in [5.74, 6) is 1.69. The molecule has 0 unspecified atom stereocenters. The highest BCUT2D eigenvalue weighted by molar-refractivity contribution is 7.89. The fraction of sp³-hybridized carbons (Fsp3) is 0.524. The summed E-state index contributed by atoms with van der Waals surface area (Å²) >= 11 is 0. The Morgan fingerprint density at radius 1 is 0.828 bits per heavy atom. The minimum Gasteiger partial charge on any atom is -0.354 e. The van der Waals surface area contributed by atoms with E-state index in [2.05, 4.69) is 14.8 Å². The number of hydrogen-bond acceptors (Lipinski definition) is 6. The molecule has 0 atom stereocenters. The van der Waals surface area contributed by atoms with Crippen LogP contribution in [0.25, 0.3) is 0 Å². The summed E-state index contributed by atoms with van der Waals surface area (Å²) in [6.07, 6.45) is 3.64. The summed E-state index contributed by atoms with van der Waals surface area (Å²) in [5, 5.41) is 0. The first-order chi connectivity index (χ1) is 13.9.